The number of sulfonamides is 1. The van der Waals surface area contributed by atoms with E-state index in [0.29, 0.717) is 11.3 Å². The Hall–Kier alpha value is -1.73. The molecule has 0 spiro atoms. The zero-order chi connectivity index (χ0) is 16.2. The van der Waals surface area contributed by atoms with Crippen LogP contribution in [0, 0.1) is 0 Å². The number of carbonyl (C=O) groups excluding carboxylic acids is 2. The second-order valence-corrected chi connectivity index (χ2v) is 7.02. The van der Waals surface area contributed by atoms with Gasteiger partial charge < -0.3 is 5.32 Å². The lowest BCUT2D eigenvalue weighted by Gasteiger charge is -2.23. The highest BCUT2D eigenvalue weighted by molar-refractivity contribution is 7.88. The maximum absolute atomic E-state index is 12.0. The second-order valence-electron chi connectivity index (χ2n) is 5.09. The molecule has 0 bridgehead atoms. The quantitative estimate of drug-likeness (QED) is 0.807. The van der Waals surface area contributed by atoms with Gasteiger partial charge in [-0.05, 0) is 32.9 Å². The highest BCUT2D eigenvalue weighted by atomic mass is 32.2. The number of carbonyl (C=O) groups is 2. The van der Waals surface area contributed by atoms with Gasteiger partial charge in [0.05, 0.1) is 12.8 Å². The van der Waals surface area contributed by atoms with Gasteiger partial charge in [0.1, 0.15) is 0 Å². The van der Waals surface area contributed by atoms with Gasteiger partial charge in [0.15, 0.2) is 5.78 Å². The summed E-state index contributed by atoms with van der Waals surface area (Å²) in [7, 11) is -3.45. The number of rotatable bonds is 6. The summed E-state index contributed by atoms with van der Waals surface area (Å²) >= 11 is 0. The fraction of sp³-hybridized carbons (Fsp3) is 0.429. The molecule has 0 aliphatic rings. The molecular weight excluding hydrogens is 292 g/mol. The Balaban J connectivity index is 2.82. The minimum Gasteiger partial charge on any atom is -0.325 e. The fourth-order valence-electron chi connectivity index (χ4n) is 1.84. The van der Waals surface area contributed by atoms with Crippen molar-refractivity contribution in [3.05, 3.63) is 29.8 Å². The number of anilines is 1. The van der Waals surface area contributed by atoms with Gasteiger partial charge in [-0.2, -0.15) is 4.31 Å². The van der Waals surface area contributed by atoms with Crippen molar-refractivity contribution < 1.29 is 18.0 Å². The molecule has 1 aromatic carbocycles. The van der Waals surface area contributed by atoms with E-state index in [0.717, 1.165) is 10.6 Å². The molecule has 116 valence electrons. The van der Waals surface area contributed by atoms with Crippen LogP contribution in [0.15, 0.2) is 24.3 Å². The second kappa shape index (κ2) is 6.82. The number of nitrogens with one attached hydrogen (secondary N) is 1. The Morgan fingerprint density at radius 3 is 2.38 bits per heavy atom. The van der Waals surface area contributed by atoms with E-state index >= 15 is 0 Å². The largest absolute Gasteiger partial charge is 0.325 e. The van der Waals surface area contributed by atoms with Gasteiger partial charge >= 0.3 is 0 Å². The highest BCUT2D eigenvalue weighted by Crippen LogP contribution is 2.12. The van der Waals surface area contributed by atoms with Crippen molar-refractivity contribution in [3.8, 4) is 0 Å². The van der Waals surface area contributed by atoms with Crippen LogP contribution in [0.5, 0.6) is 0 Å². The van der Waals surface area contributed by atoms with Crippen LogP contribution < -0.4 is 5.32 Å². The van der Waals surface area contributed by atoms with Gasteiger partial charge in [0.2, 0.25) is 15.9 Å². The third-order valence-corrected chi connectivity index (χ3v) is 4.26. The highest BCUT2D eigenvalue weighted by Gasteiger charge is 2.23. The summed E-state index contributed by atoms with van der Waals surface area (Å²) in [5.74, 6) is -0.555. The van der Waals surface area contributed by atoms with Crippen molar-refractivity contribution in [2.45, 2.75) is 26.8 Å². The summed E-state index contributed by atoms with van der Waals surface area (Å²) in [4.78, 5) is 23.2. The van der Waals surface area contributed by atoms with Crippen molar-refractivity contribution in [2.75, 3.05) is 18.1 Å². The minimum atomic E-state index is -3.45. The molecule has 6 nitrogen and oxygen atoms in total. The van der Waals surface area contributed by atoms with Crippen molar-refractivity contribution in [2.24, 2.45) is 0 Å². The number of nitrogens with zero attached hydrogens (tertiary/aromatic N) is 1. The molecule has 0 fully saturated rings. The Morgan fingerprint density at radius 2 is 1.90 bits per heavy atom. The summed E-state index contributed by atoms with van der Waals surface area (Å²) in [6.07, 6.45) is 1.07. The molecule has 0 aromatic heterocycles. The molecular formula is C14H20N2O4S. The number of hydrogen-bond acceptors (Lipinski definition) is 4. The van der Waals surface area contributed by atoms with Crippen molar-refractivity contribution in [1.29, 1.82) is 0 Å². The third kappa shape index (κ3) is 5.28. The van der Waals surface area contributed by atoms with E-state index in [4.69, 9.17) is 0 Å². The van der Waals surface area contributed by atoms with Crippen LogP contribution in [0.2, 0.25) is 0 Å². The minimum absolute atomic E-state index is 0.106. The summed E-state index contributed by atoms with van der Waals surface area (Å²) in [5.41, 5.74) is 0.946. The molecule has 1 rings (SSSR count). The number of ketones is 1. The number of benzene rings is 1. The molecule has 1 N–H and O–H groups in total. The summed E-state index contributed by atoms with van der Waals surface area (Å²) < 4.78 is 24.3. The molecule has 0 aliphatic carbocycles. The number of Topliss-reactive ketones (excluding diaryl/α,β-unsaturated/α-hetero) is 1. The molecule has 0 heterocycles. The van der Waals surface area contributed by atoms with Crippen molar-refractivity contribution >= 4 is 27.4 Å². The topological polar surface area (TPSA) is 83.6 Å². The van der Waals surface area contributed by atoms with E-state index in [-0.39, 0.29) is 18.4 Å². The maximum atomic E-state index is 12.0. The molecule has 1 amide bonds. The molecule has 0 atom stereocenters. The molecule has 0 saturated carbocycles. The normalized spacial score (nSPS) is 11.7. The van der Waals surface area contributed by atoms with E-state index in [1.54, 1.807) is 38.1 Å². The lowest BCUT2D eigenvalue weighted by molar-refractivity contribution is -0.116. The van der Waals surface area contributed by atoms with Crippen LogP contribution in [0.1, 0.15) is 31.1 Å². The average molecular weight is 312 g/mol. The molecule has 1 aromatic rings. The zero-order valence-electron chi connectivity index (χ0n) is 12.6. The van der Waals surface area contributed by atoms with Gasteiger partial charge in [-0.3, -0.25) is 9.59 Å². The van der Waals surface area contributed by atoms with Gasteiger partial charge in [-0.15, -0.1) is 0 Å². The Kier molecular flexibility index (Phi) is 5.62. The van der Waals surface area contributed by atoms with Gasteiger partial charge in [-0.1, -0.05) is 12.1 Å². The van der Waals surface area contributed by atoms with Crippen LogP contribution in [0.4, 0.5) is 5.69 Å². The van der Waals surface area contributed by atoms with E-state index in [9.17, 15) is 18.0 Å². The smallest absolute Gasteiger partial charge is 0.239 e. The van der Waals surface area contributed by atoms with Gasteiger partial charge in [-0.25, -0.2) is 8.42 Å². The third-order valence-electron chi connectivity index (χ3n) is 2.85. The lowest BCUT2D eigenvalue weighted by atomic mass is 10.1. The van der Waals surface area contributed by atoms with E-state index in [2.05, 4.69) is 5.32 Å². The lowest BCUT2D eigenvalue weighted by Crippen LogP contribution is -2.41. The zero-order valence-corrected chi connectivity index (χ0v) is 13.4. The van der Waals surface area contributed by atoms with Crippen LogP contribution in [-0.2, 0) is 14.8 Å². The number of amides is 1. The Bertz CT molecular complexity index is 638. The van der Waals surface area contributed by atoms with Crippen LogP contribution >= 0.6 is 0 Å². The van der Waals surface area contributed by atoms with Crippen LogP contribution in [-0.4, -0.2) is 43.3 Å². The predicted molar refractivity (Wildman–Crippen MR) is 81.8 cm³/mol. The van der Waals surface area contributed by atoms with E-state index in [1.165, 1.54) is 6.92 Å². The molecule has 0 aliphatic heterocycles. The molecule has 7 heteroatoms. The first-order valence-electron chi connectivity index (χ1n) is 6.49. The van der Waals surface area contributed by atoms with Crippen molar-refractivity contribution in [1.82, 2.24) is 4.31 Å². The van der Waals surface area contributed by atoms with E-state index in [1.807, 2.05) is 0 Å². The van der Waals surface area contributed by atoms with E-state index < -0.39 is 15.9 Å². The molecule has 0 saturated heterocycles. The van der Waals surface area contributed by atoms with Crippen LogP contribution in [0.25, 0.3) is 0 Å². The Labute approximate surface area is 125 Å². The first kappa shape index (κ1) is 17.3. The first-order chi connectivity index (χ1) is 9.61. The number of hydrogen-bond donors (Lipinski definition) is 1. The van der Waals surface area contributed by atoms with Gasteiger partial charge in [0, 0.05) is 17.3 Å². The standard InChI is InChI=1S/C14H20N2O4S/c1-10(2)16(21(4,19)20)9-14(18)15-13-7-5-6-12(8-13)11(3)17/h5-8,10H,9H2,1-4H3,(H,15,18). The van der Waals surface area contributed by atoms with Crippen LogP contribution in [0.3, 0.4) is 0 Å². The van der Waals surface area contributed by atoms with Crippen molar-refractivity contribution in [3.63, 3.8) is 0 Å². The summed E-state index contributed by atoms with van der Waals surface area (Å²) in [6, 6.07) is 6.19. The molecule has 0 radical (unpaired) electrons. The maximum Gasteiger partial charge on any atom is 0.239 e. The average Bonchev–Trinajstić information content (AvgIpc) is 2.34. The SMILES string of the molecule is CC(=O)c1cccc(NC(=O)CN(C(C)C)S(C)(=O)=O)c1. The Morgan fingerprint density at radius 1 is 1.29 bits per heavy atom. The van der Waals surface area contributed by atoms with Gasteiger partial charge in [0.25, 0.3) is 0 Å². The first-order valence-corrected chi connectivity index (χ1v) is 8.33. The molecule has 0 unspecified atom stereocenters. The summed E-state index contributed by atoms with van der Waals surface area (Å²) in [5, 5.41) is 2.60. The summed E-state index contributed by atoms with van der Waals surface area (Å²) in [6.45, 7) is 4.57. The fourth-order valence-corrected chi connectivity index (χ4v) is 2.96. The molecule has 21 heavy (non-hydrogen) atoms. The predicted octanol–water partition coefficient (Wildman–Crippen LogP) is 1.50. The monoisotopic (exact) mass is 312 g/mol.